The van der Waals surface area contributed by atoms with E-state index < -0.39 is 11.7 Å². The van der Waals surface area contributed by atoms with E-state index in [-0.39, 0.29) is 6.04 Å². The molecular weight excluding hydrogens is 344 g/mol. The van der Waals surface area contributed by atoms with Gasteiger partial charge in [-0.25, -0.2) is 4.79 Å². The number of amides is 1. The number of guanidine groups is 1. The van der Waals surface area contributed by atoms with Gasteiger partial charge in [0.2, 0.25) is 0 Å². The highest BCUT2D eigenvalue weighted by Crippen LogP contribution is 2.07. The Balaban J connectivity index is 2.47. The van der Waals surface area contributed by atoms with Gasteiger partial charge in [-0.3, -0.25) is 9.67 Å². The number of ether oxygens (including phenoxy) is 1. The third kappa shape index (κ3) is 10.5. The quantitative estimate of drug-likeness (QED) is 0.452. The minimum absolute atomic E-state index is 0.0793. The minimum atomic E-state index is -0.501. The Bertz CT molecular complexity index is 591. The molecule has 0 saturated heterocycles. The first-order valence-corrected chi connectivity index (χ1v) is 9.66. The Morgan fingerprint density at radius 1 is 1.37 bits per heavy atom. The molecule has 1 aromatic heterocycles. The van der Waals surface area contributed by atoms with Gasteiger partial charge in [0.1, 0.15) is 5.60 Å². The van der Waals surface area contributed by atoms with Crippen molar-refractivity contribution in [2.24, 2.45) is 4.99 Å². The lowest BCUT2D eigenvalue weighted by Crippen LogP contribution is -2.49. The SMILES string of the molecule is CCCCC(CNC(=O)OC(C)(C)C)NC(=NC)NCCn1cc(C)cn1. The van der Waals surface area contributed by atoms with Crippen LogP contribution in [-0.4, -0.2) is 53.6 Å². The Labute approximate surface area is 163 Å². The standard InChI is InChI=1S/C19H36N6O2/c1-7-8-9-16(13-22-18(26)27-19(3,4)5)24-17(20-6)21-10-11-25-14-15(2)12-23-25/h12,14,16H,7-11,13H2,1-6H3,(H,22,26)(H2,20,21,24). The second-order valence-corrected chi connectivity index (χ2v) is 7.65. The molecule has 0 fully saturated rings. The Hall–Kier alpha value is -2.25. The lowest BCUT2D eigenvalue weighted by Gasteiger charge is -2.24. The zero-order chi connectivity index (χ0) is 20.3. The van der Waals surface area contributed by atoms with Crippen molar-refractivity contribution < 1.29 is 9.53 Å². The number of carbonyl (C=O) groups excluding carboxylic acids is 1. The number of carbonyl (C=O) groups is 1. The van der Waals surface area contributed by atoms with Crippen LogP contribution in [0.3, 0.4) is 0 Å². The number of hydrogen-bond donors (Lipinski definition) is 3. The highest BCUT2D eigenvalue weighted by Gasteiger charge is 2.18. The van der Waals surface area contributed by atoms with Crippen LogP contribution in [0.4, 0.5) is 4.79 Å². The van der Waals surface area contributed by atoms with E-state index >= 15 is 0 Å². The summed E-state index contributed by atoms with van der Waals surface area (Å²) in [6, 6.07) is 0.0793. The smallest absolute Gasteiger partial charge is 0.407 e. The lowest BCUT2D eigenvalue weighted by atomic mass is 10.1. The zero-order valence-electron chi connectivity index (χ0n) is 17.6. The van der Waals surface area contributed by atoms with Crippen LogP contribution in [0.15, 0.2) is 17.4 Å². The summed E-state index contributed by atoms with van der Waals surface area (Å²) < 4.78 is 7.20. The molecule has 0 bridgehead atoms. The number of hydrogen-bond acceptors (Lipinski definition) is 4. The van der Waals surface area contributed by atoms with Crippen LogP contribution in [0.25, 0.3) is 0 Å². The van der Waals surface area contributed by atoms with Gasteiger partial charge in [-0.05, 0) is 39.7 Å². The van der Waals surface area contributed by atoms with Crippen molar-refractivity contribution in [1.29, 1.82) is 0 Å². The van der Waals surface area contributed by atoms with E-state index in [1.54, 1.807) is 7.05 Å². The van der Waals surface area contributed by atoms with Crippen LogP contribution < -0.4 is 16.0 Å². The van der Waals surface area contributed by atoms with E-state index in [4.69, 9.17) is 4.74 Å². The van der Waals surface area contributed by atoms with Gasteiger partial charge in [-0.1, -0.05) is 19.8 Å². The normalized spacial score (nSPS) is 13.2. The van der Waals surface area contributed by atoms with Gasteiger partial charge >= 0.3 is 6.09 Å². The van der Waals surface area contributed by atoms with Gasteiger partial charge < -0.3 is 20.7 Å². The number of rotatable bonds is 9. The van der Waals surface area contributed by atoms with Crippen LogP contribution in [0.1, 0.15) is 52.5 Å². The summed E-state index contributed by atoms with van der Waals surface area (Å²) in [5.74, 6) is 0.714. The predicted octanol–water partition coefficient (Wildman–Crippen LogP) is 2.44. The van der Waals surface area contributed by atoms with Gasteiger partial charge in [-0.2, -0.15) is 5.10 Å². The molecule has 0 aliphatic carbocycles. The van der Waals surface area contributed by atoms with Gasteiger partial charge in [0, 0.05) is 32.4 Å². The van der Waals surface area contributed by atoms with Crippen molar-refractivity contribution in [2.75, 3.05) is 20.1 Å². The first-order chi connectivity index (χ1) is 12.7. The maximum atomic E-state index is 11.9. The Morgan fingerprint density at radius 3 is 2.67 bits per heavy atom. The van der Waals surface area contributed by atoms with Crippen LogP contribution >= 0.6 is 0 Å². The second-order valence-electron chi connectivity index (χ2n) is 7.65. The fourth-order valence-corrected chi connectivity index (χ4v) is 2.46. The fourth-order valence-electron chi connectivity index (χ4n) is 2.46. The summed E-state index contributed by atoms with van der Waals surface area (Å²) in [5, 5.41) is 13.8. The van der Waals surface area contributed by atoms with Crippen molar-refractivity contribution in [3.63, 3.8) is 0 Å². The average molecular weight is 381 g/mol. The molecule has 0 aliphatic heterocycles. The monoisotopic (exact) mass is 380 g/mol. The highest BCUT2D eigenvalue weighted by atomic mass is 16.6. The fraction of sp³-hybridized carbons (Fsp3) is 0.737. The number of aliphatic imine (C=N–C) groups is 1. The zero-order valence-corrected chi connectivity index (χ0v) is 17.6. The molecule has 0 saturated carbocycles. The molecule has 0 radical (unpaired) electrons. The van der Waals surface area contributed by atoms with Crippen LogP contribution in [-0.2, 0) is 11.3 Å². The largest absolute Gasteiger partial charge is 0.444 e. The summed E-state index contributed by atoms with van der Waals surface area (Å²) in [7, 11) is 1.74. The number of nitrogens with zero attached hydrogens (tertiary/aromatic N) is 3. The summed E-state index contributed by atoms with van der Waals surface area (Å²) >= 11 is 0. The molecule has 1 heterocycles. The highest BCUT2D eigenvalue weighted by molar-refractivity contribution is 5.80. The molecule has 1 rings (SSSR count). The van der Waals surface area contributed by atoms with Gasteiger partial charge in [0.05, 0.1) is 12.7 Å². The molecule has 1 amide bonds. The van der Waals surface area contributed by atoms with E-state index in [0.717, 1.165) is 31.4 Å². The summed E-state index contributed by atoms with van der Waals surface area (Å²) in [6.07, 6.45) is 6.54. The van der Waals surface area contributed by atoms with Gasteiger partial charge in [0.15, 0.2) is 5.96 Å². The molecule has 154 valence electrons. The van der Waals surface area contributed by atoms with Crippen molar-refractivity contribution in [3.05, 3.63) is 18.0 Å². The molecule has 1 aromatic rings. The topological polar surface area (TPSA) is 92.6 Å². The van der Waals surface area contributed by atoms with Gasteiger partial charge in [-0.15, -0.1) is 0 Å². The van der Waals surface area contributed by atoms with Gasteiger partial charge in [0.25, 0.3) is 0 Å². The molecule has 1 atom stereocenters. The Morgan fingerprint density at radius 2 is 2.11 bits per heavy atom. The first kappa shape index (κ1) is 22.8. The van der Waals surface area contributed by atoms with Crippen LogP contribution in [0.5, 0.6) is 0 Å². The number of aryl methyl sites for hydroxylation is 1. The lowest BCUT2D eigenvalue weighted by molar-refractivity contribution is 0.0523. The molecule has 3 N–H and O–H groups in total. The third-order valence-corrected chi connectivity index (χ3v) is 3.76. The van der Waals surface area contributed by atoms with E-state index in [1.807, 2.05) is 44.8 Å². The molecule has 27 heavy (non-hydrogen) atoms. The van der Waals surface area contributed by atoms with E-state index in [0.29, 0.717) is 19.0 Å². The molecule has 8 heteroatoms. The minimum Gasteiger partial charge on any atom is -0.444 e. The number of alkyl carbamates (subject to hydrolysis) is 1. The molecular formula is C19H36N6O2. The number of aromatic nitrogens is 2. The van der Waals surface area contributed by atoms with Crippen molar-refractivity contribution >= 4 is 12.1 Å². The van der Waals surface area contributed by atoms with E-state index in [2.05, 4.69) is 33.0 Å². The third-order valence-electron chi connectivity index (χ3n) is 3.76. The molecule has 1 unspecified atom stereocenters. The van der Waals surface area contributed by atoms with Crippen molar-refractivity contribution in [3.8, 4) is 0 Å². The summed E-state index contributed by atoms with van der Waals surface area (Å²) in [6.45, 7) is 11.7. The maximum Gasteiger partial charge on any atom is 0.407 e. The van der Waals surface area contributed by atoms with Crippen LogP contribution in [0.2, 0.25) is 0 Å². The second kappa shape index (κ2) is 11.5. The predicted molar refractivity (Wildman–Crippen MR) is 109 cm³/mol. The number of unbranched alkanes of at least 4 members (excludes halogenated alkanes) is 1. The van der Waals surface area contributed by atoms with E-state index in [9.17, 15) is 4.79 Å². The molecule has 0 spiro atoms. The summed E-state index contributed by atoms with van der Waals surface area (Å²) in [4.78, 5) is 16.2. The molecule has 0 aromatic carbocycles. The molecule has 8 nitrogen and oxygen atoms in total. The average Bonchev–Trinajstić information content (AvgIpc) is 2.99. The first-order valence-electron chi connectivity index (χ1n) is 9.66. The number of nitrogens with one attached hydrogen (secondary N) is 3. The van der Waals surface area contributed by atoms with E-state index in [1.165, 1.54) is 0 Å². The van der Waals surface area contributed by atoms with Crippen molar-refractivity contribution in [2.45, 2.75) is 72.1 Å². The maximum absolute atomic E-state index is 11.9. The summed E-state index contributed by atoms with van der Waals surface area (Å²) in [5.41, 5.74) is 0.643. The molecule has 0 aliphatic rings. The van der Waals surface area contributed by atoms with Crippen molar-refractivity contribution in [1.82, 2.24) is 25.7 Å². The van der Waals surface area contributed by atoms with Crippen LogP contribution in [0, 0.1) is 6.92 Å². The Kier molecular flexibility index (Phi) is 9.67.